The molecule has 6 nitrogen and oxygen atoms in total. The van der Waals surface area contributed by atoms with Crippen LogP contribution in [0.5, 0.6) is 0 Å². The van der Waals surface area contributed by atoms with Gasteiger partial charge in [-0.2, -0.15) is 0 Å². The number of anilines is 1. The van der Waals surface area contributed by atoms with E-state index in [4.69, 9.17) is 0 Å². The first kappa shape index (κ1) is 18.7. The Bertz CT molecular complexity index is 1060. The minimum Gasteiger partial charge on any atom is -0.390 e. The highest BCUT2D eigenvalue weighted by atomic mass is 32.2. The van der Waals surface area contributed by atoms with Crippen molar-refractivity contribution in [3.05, 3.63) is 72.1 Å². The van der Waals surface area contributed by atoms with E-state index in [1.54, 1.807) is 0 Å². The highest BCUT2D eigenvalue weighted by Gasteiger charge is 2.13. The van der Waals surface area contributed by atoms with Crippen LogP contribution in [0.3, 0.4) is 0 Å². The van der Waals surface area contributed by atoms with E-state index in [-0.39, 0.29) is 18.3 Å². The van der Waals surface area contributed by atoms with Gasteiger partial charge in [0.15, 0.2) is 10.3 Å². The van der Waals surface area contributed by atoms with Crippen molar-refractivity contribution in [2.24, 2.45) is 0 Å². The number of nitrogens with zero attached hydrogens (tertiary/aromatic N) is 3. The van der Waals surface area contributed by atoms with Gasteiger partial charge < -0.3 is 15.0 Å². The molecule has 0 saturated heterocycles. The maximum Gasteiger partial charge on any atom is 0.236 e. The van der Waals surface area contributed by atoms with E-state index in [0.717, 1.165) is 15.8 Å². The van der Waals surface area contributed by atoms with Crippen molar-refractivity contribution in [2.75, 3.05) is 11.1 Å². The van der Waals surface area contributed by atoms with Crippen molar-refractivity contribution in [1.29, 1.82) is 0 Å². The van der Waals surface area contributed by atoms with Gasteiger partial charge in [-0.15, -0.1) is 0 Å². The lowest BCUT2D eigenvalue weighted by Crippen LogP contribution is -2.14. The molecule has 0 spiro atoms. The molecule has 0 aliphatic carbocycles. The summed E-state index contributed by atoms with van der Waals surface area (Å²) in [7, 11) is 0. The largest absolute Gasteiger partial charge is 0.390 e. The fraction of sp³-hybridized carbons (Fsp3) is 0.150. The Morgan fingerprint density at radius 3 is 2.68 bits per heavy atom. The number of rotatable bonds is 7. The van der Waals surface area contributed by atoms with Crippen molar-refractivity contribution < 1.29 is 9.90 Å². The Labute approximate surface area is 170 Å². The first-order valence-corrected chi connectivity index (χ1v) is 10.5. The molecule has 4 rings (SSSR count). The van der Waals surface area contributed by atoms with Gasteiger partial charge in [-0.3, -0.25) is 4.79 Å². The minimum absolute atomic E-state index is 0.132. The third kappa shape index (κ3) is 4.41. The number of thiazole rings is 1. The van der Waals surface area contributed by atoms with Crippen LogP contribution in [0.15, 0.2) is 66.0 Å². The van der Waals surface area contributed by atoms with Crippen LogP contribution in [0.25, 0.3) is 10.2 Å². The molecular weight excluding hydrogens is 392 g/mol. The van der Waals surface area contributed by atoms with E-state index in [1.807, 2.05) is 65.4 Å². The number of carbonyl (C=O) groups excluding carboxylic acids is 1. The molecule has 28 heavy (non-hydrogen) atoms. The highest BCUT2D eigenvalue weighted by molar-refractivity contribution is 7.99. The van der Waals surface area contributed by atoms with Crippen molar-refractivity contribution >= 4 is 44.4 Å². The van der Waals surface area contributed by atoms with E-state index in [2.05, 4.69) is 15.3 Å². The summed E-state index contributed by atoms with van der Waals surface area (Å²) in [5.74, 6) is 0.0796. The van der Waals surface area contributed by atoms with Gasteiger partial charge in [0.25, 0.3) is 0 Å². The maximum atomic E-state index is 12.4. The summed E-state index contributed by atoms with van der Waals surface area (Å²) in [4.78, 5) is 21.2. The molecule has 142 valence electrons. The Morgan fingerprint density at radius 2 is 1.89 bits per heavy atom. The summed E-state index contributed by atoms with van der Waals surface area (Å²) in [6, 6.07) is 17.8. The van der Waals surface area contributed by atoms with Crippen LogP contribution in [0.2, 0.25) is 0 Å². The van der Waals surface area contributed by atoms with E-state index >= 15 is 0 Å². The van der Waals surface area contributed by atoms with Crippen LogP contribution >= 0.6 is 23.1 Å². The molecule has 0 aliphatic rings. The number of hydrogen-bond acceptors (Lipinski definition) is 6. The average Bonchev–Trinajstić information content (AvgIpc) is 3.30. The Morgan fingerprint density at radius 1 is 1.11 bits per heavy atom. The molecule has 0 aliphatic heterocycles. The van der Waals surface area contributed by atoms with Crippen LogP contribution in [0.4, 0.5) is 5.13 Å². The molecule has 2 N–H and O–H groups in total. The number of benzene rings is 2. The van der Waals surface area contributed by atoms with E-state index in [1.165, 1.54) is 23.1 Å². The number of carbonyl (C=O) groups is 1. The van der Waals surface area contributed by atoms with Gasteiger partial charge in [0.2, 0.25) is 5.91 Å². The second-order valence-electron chi connectivity index (χ2n) is 6.11. The lowest BCUT2D eigenvalue weighted by Gasteiger charge is -2.07. The Balaban J connectivity index is 1.42. The molecule has 2 aromatic carbocycles. The smallest absolute Gasteiger partial charge is 0.236 e. The van der Waals surface area contributed by atoms with Gasteiger partial charge in [0, 0.05) is 12.7 Å². The van der Waals surface area contributed by atoms with Crippen LogP contribution < -0.4 is 5.32 Å². The molecule has 4 aromatic rings. The number of aliphatic hydroxyl groups is 1. The zero-order valence-corrected chi connectivity index (χ0v) is 16.5. The normalized spacial score (nSPS) is 11.0. The number of imidazole rings is 1. The van der Waals surface area contributed by atoms with Crippen molar-refractivity contribution in [1.82, 2.24) is 14.5 Å². The third-order valence-electron chi connectivity index (χ3n) is 4.02. The van der Waals surface area contributed by atoms with Crippen LogP contribution in [-0.2, 0) is 17.9 Å². The van der Waals surface area contributed by atoms with Crippen molar-refractivity contribution in [3.8, 4) is 0 Å². The molecule has 2 heterocycles. The van der Waals surface area contributed by atoms with Crippen LogP contribution in [0, 0.1) is 0 Å². The van der Waals surface area contributed by atoms with Crippen LogP contribution in [0.1, 0.15) is 11.3 Å². The summed E-state index contributed by atoms with van der Waals surface area (Å²) in [5, 5.41) is 13.6. The topological polar surface area (TPSA) is 80.0 Å². The lowest BCUT2D eigenvalue weighted by atomic mass is 10.2. The number of hydrogen-bond donors (Lipinski definition) is 2. The predicted octanol–water partition coefficient (Wildman–Crippen LogP) is 3.76. The first-order valence-electron chi connectivity index (χ1n) is 8.70. The van der Waals surface area contributed by atoms with Gasteiger partial charge >= 0.3 is 0 Å². The summed E-state index contributed by atoms with van der Waals surface area (Å²) in [6.45, 7) is 0.503. The third-order valence-corrected chi connectivity index (χ3v) is 5.96. The summed E-state index contributed by atoms with van der Waals surface area (Å²) in [6.07, 6.45) is 1.82. The Hall–Kier alpha value is -2.68. The molecule has 8 heteroatoms. The number of para-hydroxylation sites is 1. The van der Waals surface area contributed by atoms with Gasteiger partial charge in [-0.05, 0) is 17.7 Å². The molecule has 0 unspecified atom stereocenters. The zero-order chi connectivity index (χ0) is 19.3. The highest BCUT2D eigenvalue weighted by Crippen LogP contribution is 2.26. The van der Waals surface area contributed by atoms with Gasteiger partial charge in [0.05, 0.1) is 28.3 Å². The number of aliphatic hydroxyl groups excluding tert-OH is 1. The molecule has 2 aromatic heterocycles. The van der Waals surface area contributed by atoms with Crippen molar-refractivity contribution in [2.45, 2.75) is 18.3 Å². The number of thioether (sulfide) groups is 1. The second kappa shape index (κ2) is 8.55. The van der Waals surface area contributed by atoms with Gasteiger partial charge in [-0.25, -0.2) is 9.97 Å². The lowest BCUT2D eigenvalue weighted by molar-refractivity contribution is -0.113. The SMILES string of the molecule is O=C(CSc1nc(CO)cn1Cc1ccccc1)Nc1nc2ccccc2s1. The van der Waals surface area contributed by atoms with Gasteiger partial charge in [-0.1, -0.05) is 65.6 Å². The second-order valence-corrected chi connectivity index (χ2v) is 8.08. The molecular formula is C20H18N4O2S2. The minimum atomic E-state index is -0.135. The predicted molar refractivity (Wildman–Crippen MR) is 113 cm³/mol. The number of aromatic nitrogens is 3. The van der Waals surface area contributed by atoms with E-state index < -0.39 is 0 Å². The summed E-state index contributed by atoms with van der Waals surface area (Å²) < 4.78 is 2.99. The molecule has 0 fully saturated rings. The van der Waals surface area contributed by atoms with Crippen LogP contribution in [-0.4, -0.2) is 31.3 Å². The Kier molecular flexibility index (Phi) is 5.70. The quantitative estimate of drug-likeness (QED) is 0.454. The number of fused-ring (bicyclic) bond motifs is 1. The summed E-state index contributed by atoms with van der Waals surface area (Å²) >= 11 is 2.80. The number of amides is 1. The van der Waals surface area contributed by atoms with E-state index in [9.17, 15) is 9.90 Å². The fourth-order valence-corrected chi connectivity index (χ4v) is 4.43. The van der Waals surface area contributed by atoms with E-state index in [0.29, 0.717) is 22.5 Å². The first-order chi connectivity index (χ1) is 13.7. The molecule has 1 amide bonds. The monoisotopic (exact) mass is 410 g/mol. The van der Waals surface area contributed by atoms with Crippen molar-refractivity contribution in [3.63, 3.8) is 0 Å². The average molecular weight is 411 g/mol. The number of nitrogens with one attached hydrogen (secondary N) is 1. The standard InChI is InChI=1S/C20H18N4O2S2/c25-12-15-11-24(10-14-6-2-1-3-7-14)20(21-15)27-13-18(26)23-19-22-16-8-4-5-9-17(16)28-19/h1-9,11,25H,10,12-13H2,(H,22,23,26). The fourth-order valence-electron chi connectivity index (χ4n) is 2.75. The maximum absolute atomic E-state index is 12.4. The zero-order valence-electron chi connectivity index (χ0n) is 14.9. The summed E-state index contributed by atoms with van der Waals surface area (Å²) in [5.41, 5.74) is 2.59. The molecule has 0 bridgehead atoms. The van der Waals surface area contributed by atoms with Gasteiger partial charge in [0.1, 0.15) is 0 Å². The molecule has 0 saturated carbocycles. The molecule has 0 radical (unpaired) electrons. The molecule has 0 atom stereocenters.